The van der Waals surface area contributed by atoms with Crippen molar-refractivity contribution in [3.05, 3.63) is 64.2 Å². The van der Waals surface area contributed by atoms with E-state index in [4.69, 9.17) is 9.47 Å². The van der Waals surface area contributed by atoms with Crippen LogP contribution in [0.25, 0.3) is 0 Å². The Morgan fingerprint density at radius 1 is 1.20 bits per heavy atom. The Kier molecular flexibility index (Phi) is 8.16. The fourth-order valence-electron chi connectivity index (χ4n) is 2.81. The van der Waals surface area contributed by atoms with Crippen LogP contribution in [0.4, 0.5) is 5.69 Å². The lowest BCUT2D eigenvalue weighted by molar-refractivity contribution is -0.385. The van der Waals surface area contributed by atoms with Crippen LogP contribution in [0.15, 0.2) is 48.5 Å². The summed E-state index contributed by atoms with van der Waals surface area (Å²) < 4.78 is 10.5. The molecule has 2 rings (SSSR count). The van der Waals surface area contributed by atoms with E-state index in [9.17, 15) is 19.7 Å². The van der Waals surface area contributed by atoms with E-state index in [0.29, 0.717) is 6.54 Å². The first kappa shape index (κ1) is 22.7. The quantitative estimate of drug-likeness (QED) is 0.472. The molecule has 9 nitrogen and oxygen atoms in total. The number of nitro benzene ring substituents is 1. The van der Waals surface area contributed by atoms with Crippen molar-refractivity contribution in [2.24, 2.45) is 0 Å². The number of nitrogens with one attached hydrogen (secondary N) is 1. The van der Waals surface area contributed by atoms with E-state index in [-0.39, 0.29) is 36.2 Å². The molecule has 0 aliphatic heterocycles. The molecule has 2 aromatic carbocycles. The summed E-state index contributed by atoms with van der Waals surface area (Å²) in [7, 11) is 1.31. The third-order valence-corrected chi connectivity index (χ3v) is 4.42. The lowest BCUT2D eigenvalue weighted by Crippen LogP contribution is -2.49. The first-order valence-electron chi connectivity index (χ1n) is 9.43. The fourth-order valence-corrected chi connectivity index (χ4v) is 2.81. The molecule has 9 heteroatoms. The van der Waals surface area contributed by atoms with Crippen LogP contribution in [0.5, 0.6) is 11.5 Å². The molecule has 0 bridgehead atoms. The maximum Gasteiger partial charge on any atom is 0.311 e. The zero-order chi connectivity index (χ0) is 22.1. The molecule has 0 saturated heterocycles. The van der Waals surface area contributed by atoms with Crippen molar-refractivity contribution in [2.45, 2.75) is 26.4 Å². The van der Waals surface area contributed by atoms with Gasteiger partial charge in [-0.15, -0.1) is 0 Å². The van der Waals surface area contributed by atoms with Crippen LogP contribution in [-0.4, -0.2) is 47.9 Å². The lowest BCUT2D eigenvalue weighted by Gasteiger charge is -2.28. The van der Waals surface area contributed by atoms with E-state index in [0.717, 1.165) is 5.56 Å². The van der Waals surface area contributed by atoms with Crippen LogP contribution in [0, 0.1) is 10.1 Å². The molecule has 0 heterocycles. The second kappa shape index (κ2) is 10.8. The Bertz CT molecular complexity index is 888. The van der Waals surface area contributed by atoms with E-state index < -0.39 is 16.9 Å². The minimum absolute atomic E-state index is 0.0294. The number of carbonyl (C=O) groups excluding carboxylic acids is 2. The number of nitro groups is 1. The van der Waals surface area contributed by atoms with Gasteiger partial charge in [0.05, 0.1) is 12.0 Å². The summed E-state index contributed by atoms with van der Waals surface area (Å²) in [5, 5.41) is 13.7. The summed E-state index contributed by atoms with van der Waals surface area (Å²) in [6.45, 7) is 3.82. The van der Waals surface area contributed by atoms with Gasteiger partial charge in [0, 0.05) is 25.2 Å². The smallest absolute Gasteiger partial charge is 0.311 e. The predicted octanol–water partition coefficient (Wildman–Crippen LogP) is 2.54. The Morgan fingerprint density at radius 3 is 2.50 bits per heavy atom. The molecule has 0 unspecified atom stereocenters. The van der Waals surface area contributed by atoms with Crippen LogP contribution >= 0.6 is 0 Å². The number of hydrogen-bond acceptors (Lipinski definition) is 6. The van der Waals surface area contributed by atoms with Crippen molar-refractivity contribution < 1.29 is 24.0 Å². The summed E-state index contributed by atoms with van der Waals surface area (Å²) >= 11 is 0. The number of rotatable bonds is 10. The summed E-state index contributed by atoms with van der Waals surface area (Å²) in [6, 6.07) is 12.6. The Labute approximate surface area is 174 Å². The van der Waals surface area contributed by atoms with E-state index in [1.54, 1.807) is 13.8 Å². The highest BCUT2D eigenvalue weighted by Crippen LogP contribution is 2.30. The molecule has 0 aliphatic carbocycles. The topological polar surface area (TPSA) is 111 Å². The SMILES string of the molecule is CCNC(=O)[C@H](C)N(Cc1ccccc1)C(=O)COc1ccc([N+](=O)[O-])c(OC)c1. The van der Waals surface area contributed by atoms with Crippen molar-refractivity contribution in [1.82, 2.24) is 10.2 Å². The minimum atomic E-state index is -0.701. The number of benzene rings is 2. The van der Waals surface area contributed by atoms with Gasteiger partial charge in [-0.3, -0.25) is 19.7 Å². The van der Waals surface area contributed by atoms with Gasteiger partial charge in [-0.2, -0.15) is 0 Å². The monoisotopic (exact) mass is 415 g/mol. The van der Waals surface area contributed by atoms with E-state index >= 15 is 0 Å². The third kappa shape index (κ3) is 5.94. The molecule has 2 amide bonds. The number of amides is 2. The molecule has 0 saturated carbocycles. The van der Waals surface area contributed by atoms with Gasteiger partial charge in [-0.25, -0.2) is 0 Å². The first-order valence-corrected chi connectivity index (χ1v) is 9.43. The molecule has 0 fully saturated rings. The first-order chi connectivity index (χ1) is 14.4. The van der Waals surface area contributed by atoms with Crippen molar-refractivity contribution in [3.8, 4) is 11.5 Å². The van der Waals surface area contributed by atoms with Gasteiger partial charge < -0.3 is 19.7 Å². The van der Waals surface area contributed by atoms with Gasteiger partial charge in [0.25, 0.3) is 5.91 Å². The minimum Gasteiger partial charge on any atom is -0.490 e. The molecule has 160 valence electrons. The molecule has 1 atom stereocenters. The van der Waals surface area contributed by atoms with E-state index in [2.05, 4.69) is 5.32 Å². The van der Waals surface area contributed by atoms with Gasteiger partial charge in [-0.1, -0.05) is 30.3 Å². The molecule has 1 N–H and O–H groups in total. The normalized spacial score (nSPS) is 11.3. The second-order valence-corrected chi connectivity index (χ2v) is 6.46. The van der Waals surface area contributed by atoms with Gasteiger partial charge in [-0.05, 0) is 25.5 Å². The molecule has 0 spiro atoms. The van der Waals surface area contributed by atoms with Gasteiger partial charge in [0.1, 0.15) is 11.8 Å². The maximum absolute atomic E-state index is 12.9. The Morgan fingerprint density at radius 2 is 1.90 bits per heavy atom. The highest BCUT2D eigenvalue weighted by molar-refractivity contribution is 5.87. The van der Waals surface area contributed by atoms with Crippen molar-refractivity contribution >= 4 is 17.5 Å². The molecular weight excluding hydrogens is 390 g/mol. The number of methoxy groups -OCH3 is 1. The zero-order valence-corrected chi connectivity index (χ0v) is 17.2. The van der Waals surface area contributed by atoms with Crippen LogP contribution < -0.4 is 14.8 Å². The van der Waals surface area contributed by atoms with Gasteiger partial charge in [0.15, 0.2) is 6.61 Å². The number of hydrogen-bond donors (Lipinski definition) is 1. The lowest BCUT2D eigenvalue weighted by atomic mass is 10.1. The molecule has 0 aliphatic rings. The number of carbonyl (C=O) groups is 2. The van der Waals surface area contributed by atoms with E-state index in [1.807, 2.05) is 30.3 Å². The number of nitrogens with zero attached hydrogens (tertiary/aromatic N) is 2. The average molecular weight is 415 g/mol. The van der Waals surface area contributed by atoms with Crippen molar-refractivity contribution in [2.75, 3.05) is 20.3 Å². The van der Waals surface area contributed by atoms with Gasteiger partial charge >= 0.3 is 5.69 Å². The average Bonchev–Trinajstić information content (AvgIpc) is 2.75. The zero-order valence-electron chi connectivity index (χ0n) is 17.2. The highest BCUT2D eigenvalue weighted by atomic mass is 16.6. The number of likely N-dealkylation sites (N-methyl/N-ethyl adjacent to an activating group) is 1. The molecular formula is C21H25N3O6. The van der Waals surface area contributed by atoms with Crippen LogP contribution in [0.1, 0.15) is 19.4 Å². The standard InChI is InChI=1S/C21H25N3O6/c1-4-22-21(26)15(2)23(13-16-8-6-5-7-9-16)20(25)14-30-17-10-11-18(24(27)28)19(12-17)29-3/h5-12,15H,4,13-14H2,1-3H3,(H,22,26)/t15-/m0/s1. The summed E-state index contributed by atoms with van der Waals surface area (Å²) in [5.41, 5.74) is 0.672. The second-order valence-electron chi connectivity index (χ2n) is 6.46. The van der Waals surface area contributed by atoms with E-state index in [1.165, 1.54) is 30.2 Å². The van der Waals surface area contributed by atoms with Crippen LogP contribution in [-0.2, 0) is 16.1 Å². The van der Waals surface area contributed by atoms with Crippen molar-refractivity contribution in [3.63, 3.8) is 0 Å². The number of ether oxygens (including phenoxy) is 2. The molecule has 2 aromatic rings. The Balaban J connectivity index is 2.15. The molecule has 0 aromatic heterocycles. The maximum atomic E-state index is 12.9. The third-order valence-electron chi connectivity index (χ3n) is 4.42. The summed E-state index contributed by atoms with van der Waals surface area (Å²) in [6.07, 6.45) is 0. The predicted molar refractivity (Wildman–Crippen MR) is 110 cm³/mol. The highest BCUT2D eigenvalue weighted by Gasteiger charge is 2.26. The van der Waals surface area contributed by atoms with Gasteiger partial charge in [0.2, 0.25) is 11.7 Å². The summed E-state index contributed by atoms with van der Waals surface area (Å²) in [5.74, 6) is -0.383. The molecule has 0 radical (unpaired) electrons. The fraction of sp³-hybridized carbons (Fsp3) is 0.333. The van der Waals surface area contributed by atoms with Crippen molar-refractivity contribution in [1.29, 1.82) is 0 Å². The van der Waals surface area contributed by atoms with Crippen LogP contribution in [0.3, 0.4) is 0 Å². The summed E-state index contributed by atoms with van der Waals surface area (Å²) in [4.78, 5) is 37.1. The largest absolute Gasteiger partial charge is 0.490 e. The molecule has 30 heavy (non-hydrogen) atoms. The Hall–Kier alpha value is -3.62. The van der Waals surface area contributed by atoms with Crippen LogP contribution in [0.2, 0.25) is 0 Å².